The molecule has 0 fully saturated rings. The van der Waals surface area contributed by atoms with E-state index in [4.69, 9.17) is 5.26 Å². The van der Waals surface area contributed by atoms with E-state index in [0.717, 1.165) is 0 Å². The van der Waals surface area contributed by atoms with Crippen LogP contribution in [0.2, 0.25) is 0 Å². The predicted octanol–water partition coefficient (Wildman–Crippen LogP) is -0.0828. The van der Waals surface area contributed by atoms with Gasteiger partial charge in [-0.05, 0) is 0 Å². The molecular weight excluding hydrogens is 72.0 g/mol. The lowest BCUT2D eigenvalue weighted by Crippen LogP contribution is -1.57. The molecular formula is C2H10O3. The molecule has 0 saturated heterocycles. The van der Waals surface area contributed by atoms with Gasteiger partial charge in [-0.15, -0.1) is 0 Å². The summed E-state index contributed by atoms with van der Waals surface area (Å²) in [4.78, 5) is 3.25. The average Bonchev–Trinajstić information content (AvgIpc) is 0.918. The summed E-state index contributed by atoms with van der Waals surface area (Å²) in [6.07, 6.45) is 0. The van der Waals surface area contributed by atoms with E-state index in [1.807, 2.05) is 0 Å². The van der Waals surface area contributed by atoms with Crippen molar-refractivity contribution in [3.8, 4) is 0 Å². The van der Waals surface area contributed by atoms with Gasteiger partial charge in [0.25, 0.3) is 0 Å². The van der Waals surface area contributed by atoms with Crippen LogP contribution in [0.3, 0.4) is 0 Å². The number of hydrogen-bond acceptors (Lipinski definition) is 2. The fourth-order valence-corrected chi connectivity index (χ4v) is 0. The smallest absolute Gasteiger partial charge is 0.0710 e. The van der Waals surface area contributed by atoms with Crippen molar-refractivity contribution in [2.45, 2.75) is 7.43 Å². The Morgan fingerprint density at radius 3 is 1.60 bits per heavy atom. The van der Waals surface area contributed by atoms with Crippen molar-refractivity contribution in [3.05, 3.63) is 0 Å². The first kappa shape index (κ1) is 20.8. The lowest BCUT2D eigenvalue weighted by Gasteiger charge is -1.59. The lowest BCUT2D eigenvalue weighted by atomic mass is 11.8. The van der Waals surface area contributed by atoms with E-state index >= 15 is 0 Å². The minimum absolute atomic E-state index is 0. The molecule has 0 aliphatic heterocycles. The normalized spacial score (nSPS) is 3.60. The van der Waals surface area contributed by atoms with E-state index in [9.17, 15) is 0 Å². The second kappa shape index (κ2) is 41.6. The molecule has 36 valence electrons. The molecule has 0 aliphatic carbocycles. The fourth-order valence-electron chi connectivity index (χ4n) is 0. The molecule has 0 spiro atoms. The first-order chi connectivity index (χ1) is 1.41. The number of rotatable bonds is 0. The summed E-state index contributed by atoms with van der Waals surface area (Å²) in [5.74, 6) is 0. The van der Waals surface area contributed by atoms with Crippen LogP contribution in [0.15, 0.2) is 0 Å². The van der Waals surface area contributed by atoms with Crippen molar-refractivity contribution >= 4 is 0 Å². The largest absolute Gasteiger partial charge is 0.412 e. The van der Waals surface area contributed by atoms with Crippen LogP contribution < -0.4 is 0 Å². The molecule has 0 bridgehead atoms. The predicted molar refractivity (Wildman–Crippen MR) is 20.0 cm³/mol. The van der Waals surface area contributed by atoms with Gasteiger partial charge in [0.2, 0.25) is 0 Å². The van der Waals surface area contributed by atoms with Crippen molar-refractivity contribution in [1.82, 2.24) is 0 Å². The Labute approximate surface area is 31.4 Å². The quantitative estimate of drug-likeness (QED) is 0.328. The maximum atomic E-state index is 7.07. The highest BCUT2D eigenvalue weighted by Crippen LogP contribution is 1.26. The van der Waals surface area contributed by atoms with E-state index in [1.54, 1.807) is 0 Å². The first-order valence-corrected chi connectivity index (χ1v) is 0.591. The van der Waals surface area contributed by atoms with Crippen LogP contribution in [0, 0.1) is 0 Å². The maximum absolute atomic E-state index is 7.07. The SMILES string of the molecule is C.COO.O. The van der Waals surface area contributed by atoms with Crippen LogP contribution in [0.25, 0.3) is 0 Å². The molecule has 3 nitrogen and oxygen atoms in total. The van der Waals surface area contributed by atoms with Gasteiger partial charge in [-0.2, -0.15) is 0 Å². The molecule has 0 heterocycles. The summed E-state index contributed by atoms with van der Waals surface area (Å²) in [5, 5.41) is 7.07. The Bertz CT molecular complexity index is 4.85. The van der Waals surface area contributed by atoms with E-state index in [1.165, 1.54) is 7.11 Å². The molecule has 0 aromatic carbocycles. The summed E-state index contributed by atoms with van der Waals surface area (Å²) in [6.45, 7) is 0. The van der Waals surface area contributed by atoms with Crippen LogP contribution in [-0.2, 0) is 4.89 Å². The zero-order chi connectivity index (χ0) is 2.71. The number of hydrogen-bond donors (Lipinski definition) is 1. The minimum Gasteiger partial charge on any atom is -0.412 e. The zero-order valence-corrected chi connectivity index (χ0v) is 2.36. The molecule has 0 radical (unpaired) electrons. The van der Waals surface area contributed by atoms with Gasteiger partial charge in [-0.3, -0.25) is 5.26 Å². The van der Waals surface area contributed by atoms with Crippen molar-refractivity contribution < 1.29 is 15.6 Å². The topological polar surface area (TPSA) is 61.0 Å². The van der Waals surface area contributed by atoms with Crippen molar-refractivity contribution in [1.29, 1.82) is 0 Å². The molecule has 0 atom stereocenters. The van der Waals surface area contributed by atoms with Crippen molar-refractivity contribution in [2.75, 3.05) is 7.11 Å². The minimum atomic E-state index is 0. The van der Waals surface area contributed by atoms with E-state index in [-0.39, 0.29) is 12.9 Å². The van der Waals surface area contributed by atoms with Crippen LogP contribution in [0.1, 0.15) is 7.43 Å². The summed E-state index contributed by atoms with van der Waals surface area (Å²) in [7, 11) is 1.18. The summed E-state index contributed by atoms with van der Waals surface area (Å²) in [6, 6.07) is 0. The molecule has 0 aromatic rings. The summed E-state index contributed by atoms with van der Waals surface area (Å²) in [5.41, 5.74) is 0. The van der Waals surface area contributed by atoms with E-state index in [0.29, 0.717) is 0 Å². The Kier molecular flexibility index (Phi) is 173. The monoisotopic (exact) mass is 82.1 g/mol. The highest BCUT2D eigenvalue weighted by Gasteiger charge is 1.26. The van der Waals surface area contributed by atoms with Crippen LogP contribution >= 0.6 is 0 Å². The second-order valence-electron chi connectivity index (χ2n) is 0.183. The van der Waals surface area contributed by atoms with Gasteiger partial charge in [0.1, 0.15) is 0 Å². The molecule has 0 saturated carbocycles. The molecule has 0 aromatic heterocycles. The molecule has 3 heteroatoms. The molecule has 0 rings (SSSR count). The molecule has 0 aliphatic rings. The lowest BCUT2D eigenvalue weighted by molar-refractivity contribution is -0.214. The second-order valence-corrected chi connectivity index (χ2v) is 0.183. The van der Waals surface area contributed by atoms with Gasteiger partial charge in [-0.1, -0.05) is 7.43 Å². The van der Waals surface area contributed by atoms with Crippen LogP contribution in [0.5, 0.6) is 0 Å². The zero-order valence-electron chi connectivity index (χ0n) is 2.36. The maximum Gasteiger partial charge on any atom is 0.0710 e. The highest BCUT2D eigenvalue weighted by molar-refractivity contribution is 3.30. The Balaban J connectivity index is -0.0000000200. The van der Waals surface area contributed by atoms with E-state index < -0.39 is 0 Å². The molecule has 3 N–H and O–H groups in total. The third kappa shape index (κ3) is 952. The Morgan fingerprint density at radius 2 is 1.60 bits per heavy atom. The van der Waals surface area contributed by atoms with Crippen molar-refractivity contribution in [2.24, 2.45) is 0 Å². The Morgan fingerprint density at radius 1 is 1.60 bits per heavy atom. The van der Waals surface area contributed by atoms with Gasteiger partial charge in [0.05, 0.1) is 7.11 Å². The Hall–Kier alpha value is -0.120. The van der Waals surface area contributed by atoms with Gasteiger partial charge < -0.3 is 5.48 Å². The molecule has 5 heavy (non-hydrogen) atoms. The van der Waals surface area contributed by atoms with Gasteiger partial charge in [0.15, 0.2) is 0 Å². The fraction of sp³-hybridized carbons (Fsp3) is 1.00. The highest BCUT2D eigenvalue weighted by atomic mass is 17.1. The summed E-state index contributed by atoms with van der Waals surface area (Å²) >= 11 is 0. The molecule has 0 unspecified atom stereocenters. The van der Waals surface area contributed by atoms with E-state index in [2.05, 4.69) is 4.89 Å². The van der Waals surface area contributed by atoms with Crippen LogP contribution in [0.4, 0.5) is 0 Å². The average molecular weight is 82.1 g/mol. The third-order valence-corrected chi connectivity index (χ3v) is 0. The molecule has 0 amide bonds. The van der Waals surface area contributed by atoms with Crippen LogP contribution in [-0.4, -0.2) is 17.8 Å². The van der Waals surface area contributed by atoms with Gasteiger partial charge in [-0.25, -0.2) is 4.89 Å². The summed E-state index contributed by atoms with van der Waals surface area (Å²) < 4.78 is 0. The van der Waals surface area contributed by atoms with Gasteiger partial charge in [0, 0.05) is 0 Å². The van der Waals surface area contributed by atoms with Gasteiger partial charge >= 0.3 is 0 Å². The van der Waals surface area contributed by atoms with Crippen molar-refractivity contribution in [3.63, 3.8) is 0 Å². The third-order valence-electron chi connectivity index (χ3n) is 0. The standard InChI is InChI=1S/CH4O2.CH4.H2O/c1-3-2;;/h2H,1H3;1H4;1H2. The first-order valence-electron chi connectivity index (χ1n) is 0.591.